The van der Waals surface area contributed by atoms with Gasteiger partial charge < -0.3 is 15.5 Å². The van der Waals surface area contributed by atoms with Crippen molar-refractivity contribution in [3.05, 3.63) is 28.5 Å². The Morgan fingerprint density at radius 3 is 2.51 bits per heavy atom. The Labute approximate surface area is 232 Å². The summed E-state index contributed by atoms with van der Waals surface area (Å²) in [6, 6.07) is 1.05. The number of nitrogens with one attached hydrogen (secondary N) is 2. The first kappa shape index (κ1) is 28.2. The highest BCUT2D eigenvalue weighted by molar-refractivity contribution is 8.24. The van der Waals surface area contributed by atoms with Crippen LogP contribution in [0.1, 0.15) is 91.1 Å². The average molecular weight is 584 g/mol. The van der Waals surface area contributed by atoms with Crippen LogP contribution >= 0.6 is 21.9 Å². The van der Waals surface area contributed by atoms with Crippen LogP contribution in [0.25, 0.3) is 10.4 Å². The number of pyridine rings is 1. The van der Waals surface area contributed by atoms with Crippen LogP contribution in [-0.2, 0) is 0 Å². The van der Waals surface area contributed by atoms with Gasteiger partial charge in [-0.2, -0.15) is 10.6 Å². The maximum absolute atomic E-state index is 14.4. The second-order valence-electron chi connectivity index (χ2n) is 11.1. The van der Waals surface area contributed by atoms with Gasteiger partial charge in [0.2, 0.25) is 0 Å². The molecule has 1 aliphatic carbocycles. The molecule has 2 aliphatic heterocycles. The molecule has 214 valence electrons. The van der Waals surface area contributed by atoms with Crippen molar-refractivity contribution < 1.29 is 27.5 Å². The van der Waals surface area contributed by atoms with E-state index in [0.717, 1.165) is 43.4 Å². The molecule has 3 aliphatic rings. The lowest BCUT2D eigenvalue weighted by Gasteiger charge is -2.39. The van der Waals surface area contributed by atoms with Crippen LogP contribution in [0.4, 0.5) is 14.6 Å². The number of hydrogen-bond acceptors (Lipinski definition) is 8. The third-order valence-electron chi connectivity index (χ3n) is 8.06. The highest BCUT2D eigenvalue weighted by Gasteiger charge is 2.35. The molecule has 2 saturated heterocycles. The SMILES string of the molecule is CC1CCCN1C(=O)c1nc(C(=O)NC2CCS(O)(O)CC2)sc1-c1cnc(NC2(C)CCC2)cc1C(F)F. The number of rotatable bonds is 7. The van der Waals surface area contributed by atoms with Crippen LogP contribution in [0.5, 0.6) is 0 Å². The van der Waals surface area contributed by atoms with Gasteiger partial charge in [-0.1, -0.05) is 0 Å². The van der Waals surface area contributed by atoms with E-state index in [0.29, 0.717) is 25.2 Å². The predicted molar refractivity (Wildman–Crippen MR) is 149 cm³/mol. The number of thiazole rings is 1. The fourth-order valence-electron chi connectivity index (χ4n) is 5.47. The quantitative estimate of drug-likeness (QED) is 0.326. The van der Waals surface area contributed by atoms with Gasteiger partial charge in [0, 0.05) is 53.0 Å². The first-order chi connectivity index (χ1) is 18.4. The normalized spacial score (nSPS) is 23.4. The van der Waals surface area contributed by atoms with Crippen molar-refractivity contribution in [2.45, 2.75) is 82.8 Å². The molecule has 39 heavy (non-hydrogen) atoms. The number of alkyl halides is 2. The van der Waals surface area contributed by atoms with Gasteiger partial charge in [0.25, 0.3) is 18.2 Å². The zero-order valence-corrected chi connectivity index (χ0v) is 23.7. The van der Waals surface area contributed by atoms with Gasteiger partial charge in [0.05, 0.1) is 4.88 Å². The van der Waals surface area contributed by atoms with Crippen molar-refractivity contribution in [1.29, 1.82) is 0 Å². The van der Waals surface area contributed by atoms with E-state index in [2.05, 4.69) is 20.6 Å². The highest BCUT2D eigenvalue weighted by Crippen LogP contribution is 2.44. The number of anilines is 1. The van der Waals surface area contributed by atoms with Crippen molar-refractivity contribution in [1.82, 2.24) is 20.2 Å². The fraction of sp³-hybridized carbons (Fsp3) is 0.615. The second kappa shape index (κ2) is 10.9. The molecule has 0 spiro atoms. The van der Waals surface area contributed by atoms with Crippen molar-refractivity contribution >= 4 is 39.6 Å². The molecule has 2 aromatic heterocycles. The molecule has 0 radical (unpaired) electrons. The van der Waals surface area contributed by atoms with Gasteiger partial charge in [-0.25, -0.2) is 18.7 Å². The summed E-state index contributed by atoms with van der Waals surface area (Å²) in [4.78, 5) is 37.4. The van der Waals surface area contributed by atoms with E-state index in [-0.39, 0.29) is 61.7 Å². The number of hydrogen-bond donors (Lipinski definition) is 4. The molecule has 1 saturated carbocycles. The monoisotopic (exact) mass is 583 g/mol. The Morgan fingerprint density at radius 1 is 1.21 bits per heavy atom. The molecule has 13 heteroatoms. The first-order valence-corrected chi connectivity index (χ1v) is 16.1. The Balaban J connectivity index is 1.48. The smallest absolute Gasteiger partial charge is 0.280 e. The predicted octanol–water partition coefficient (Wildman–Crippen LogP) is 5.76. The Morgan fingerprint density at radius 2 is 1.92 bits per heavy atom. The molecule has 9 nitrogen and oxygen atoms in total. The molecule has 4 heterocycles. The van der Waals surface area contributed by atoms with Crippen LogP contribution in [0.3, 0.4) is 0 Å². The molecule has 0 aromatic carbocycles. The van der Waals surface area contributed by atoms with E-state index in [9.17, 15) is 27.5 Å². The molecule has 3 fully saturated rings. The summed E-state index contributed by atoms with van der Waals surface area (Å²) >= 11 is 0.906. The lowest BCUT2D eigenvalue weighted by Crippen LogP contribution is -2.41. The van der Waals surface area contributed by atoms with Crippen LogP contribution < -0.4 is 10.6 Å². The first-order valence-electron chi connectivity index (χ1n) is 13.4. The minimum atomic E-state index is -2.83. The number of nitrogens with zero attached hydrogens (tertiary/aromatic N) is 3. The van der Waals surface area contributed by atoms with Crippen LogP contribution in [0.2, 0.25) is 0 Å². The molecule has 1 atom stereocenters. The van der Waals surface area contributed by atoms with Gasteiger partial charge in [-0.15, -0.1) is 11.3 Å². The van der Waals surface area contributed by atoms with E-state index in [1.54, 1.807) is 4.90 Å². The van der Waals surface area contributed by atoms with Gasteiger partial charge in [0.1, 0.15) is 11.5 Å². The number of carbonyl (C=O) groups is 2. The lowest BCUT2D eigenvalue weighted by molar-refractivity contribution is 0.0743. The number of amides is 2. The molecule has 1 unspecified atom stereocenters. The Hall–Kier alpha value is -2.35. The maximum Gasteiger partial charge on any atom is 0.280 e. The third kappa shape index (κ3) is 6.06. The zero-order valence-electron chi connectivity index (χ0n) is 22.1. The van der Waals surface area contributed by atoms with Crippen molar-refractivity contribution in [3.63, 3.8) is 0 Å². The Kier molecular flexibility index (Phi) is 7.88. The minimum absolute atomic E-state index is 0.00165. The zero-order chi connectivity index (χ0) is 27.9. The number of halogens is 2. The molecule has 2 amide bonds. The summed E-state index contributed by atoms with van der Waals surface area (Å²) in [7, 11) is -2.60. The van der Waals surface area contributed by atoms with Gasteiger partial charge >= 0.3 is 0 Å². The second-order valence-corrected chi connectivity index (χ2v) is 14.6. The summed E-state index contributed by atoms with van der Waals surface area (Å²) in [6.07, 6.45) is 3.95. The highest BCUT2D eigenvalue weighted by atomic mass is 32.3. The number of aromatic nitrogens is 2. The molecular formula is C26H35F2N5O4S2. The lowest BCUT2D eigenvalue weighted by atomic mass is 9.78. The Bertz CT molecular complexity index is 1240. The topological polar surface area (TPSA) is 128 Å². The van der Waals surface area contributed by atoms with Gasteiger partial charge in [0.15, 0.2) is 5.01 Å². The summed E-state index contributed by atoms with van der Waals surface area (Å²) in [5.74, 6) is -0.133. The van der Waals surface area contributed by atoms with Crippen LogP contribution in [0.15, 0.2) is 12.3 Å². The van der Waals surface area contributed by atoms with Crippen molar-refractivity contribution in [2.75, 3.05) is 23.4 Å². The van der Waals surface area contributed by atoms with Gasteiger partial charge in [-0.05, 0) is 64.9 Å². The molecule has 5 rings (SSSR count). The molecular weight excluding hydrogens is 548 g/mol. The standard InChI is InChI=1S/C26H35F2N5O4S2/c1-15-5-3-10-33(15)25(35)20-21(38-24(31-20)23(34)30-16-6-11-39(36,37)12-7-16)18-14-29-19(13-17(18)22(27)28)32-26(2)8-4-9-26/h13-16,22,36-37H,3-12H2,1-2H3,(H,29,32)(H,30,34). The fourth-order valence-corrected chi connectivity index (χ4v) is 7.99. The largest absolute Gasteiger partial charge is 0.365 e. The van der Waals surface area contributed by atoms with E-state index in [1.165, 1.54) is 12.3 Å². The average Bonchev–Trinajstić information content (AvgIpc) is 3.50. The summed E-state index contributed by atoms with van der Waals surface area (Å²) in [5.41, 5.74) is -0.380. The van der Waals surface area contributed by atoms with Crippen LogP contribution in [-0.4, -0.2) is 71.5 Å². The van der Waals surface area contributed by atoms with E-state index in [4.69, 9.17) is 0 Å². The maximum atomic E-state index is 14.4. The van der Waals surface area contributed by atoms with Gasteiger partial charge in [-0.3, -0.25) is 18.7 Å². The summed E-state index contributed by atoms with van der Waals surface area (Å²) in [5, 5.41) is 6.13. The number of carbonyl (C=O) groups excluding carboxylic acids is 2. The van der Waals surface area contributed by atoms with E-state index >= 15 is 0 Å². The molecule has 4 N–H and O–H groups in total. The van der Waals surface area contributed by atoms with Crippen molar-refractivity contribution in [2.24, 2.45) is 0 Å². The van der Waals surface area contributed by atoms with Crippen LogP contribution in [0, 0.1) is 0 Å². The summed E-state index contributed by atoms with van der Waals surface area (Å²) in [6.45, 7) is 4.50. The third-order valence-corrected chi connectivity index (χ3v) is 10.9. The van der Waals surface area contributed by atoms with E-state index in [1.807, 2.05) is 13.8 Å². The molecule has 2 aromatic rings. The minimum Gasteiger partial charge on any atom is -0.365 e. The van der Waals surface area contributed by atoms with E-state index < -0.39 is 22.9 Å². The molecule has 0 bridgehead atoms. The summed E-state index contributed by atoms with van der Waals surface area (Å²) < 4.78 is 48.5. The van der Waals surface area contributed by atoms with Crippen molar-refractivity contribution in [3.8, 4) is 10.4 Å². The number of likely N-dealkylation sites (tertiary alicyclic amines) is 1.